The molecule has 2 heterocycles. The van der Waals surface area contributed by atoms with E-state index in [2.05, 4.69) is 28.9 Å². The molecule has 6 unspecified atom stereocenters. The minimum atomic E-state index is -1.22. The standard InChI is InChI=1S/C40H53N3O7/c1-5-21-49-40-36(43(3)39(46)27-15-16-27)24-34(42-47-4)32-22-28(12-6-8-19-44)31(14-7-9-20-45)37(38(32)40)33-23-30(17-18-35(33)50-40)48-25-29-13-10-11-26(2)41-29/h5,10-11,13,17-18,22-23,27-28,31,36-38,44-45H,1,6-9,12,14-16,19-21,24-25H2,2-4H3. The topological polar surface area (TPSA) is 123 Å². The van der Waals surface area contributed by atoms with Gasteiger partial charge in [-0.25, -0.2) is 0 Å². The molecule has 1 aromatic heterocycles. The van der Waals surface area contributed by atoms with E-state index in [9.17, 15) is 15.0 Å². The van der Waals surface area contributed by atoms with E-state index < -0.39 is 11.8 Å². The summed E-state index contributed by atoms with van der Waals surface area (Å²) >= 11 is 0. The summed E-state index contributed by atoms with van der Waals surface area (Å²) in [5.74, 6) is 0.239. The highest BCUT2D eigenvalue weighted by Crippen LogP contribution is 2.62. The predicted octanol–water partition coefficient (Wildman–Crippen LogP) is 6.10. The van der Waals surface area contributed by atoms with Gasteiger partial charge >= 0.3 is 0 Å². The summed E-state index contributed by atoms with van der Waals surface area (Å²) < 4.78 is 20.4. The highest BCUT2D eigenvalue weighted by atomic mass is 16.7. The fourth-order valence-corrected chi connectivity index (χ4v) is 8.54. The van der Waals surface area contributed by atoms with Crippen LogP contribution in [0.2, 0.25) is 0 Å². The highest BCUT2D eigenvalue weighted by Gasteiger charge is 2.65. The van der Waals surface area contributed by atoms with Crippen LogP contribution in [0.3, 0.4) is 0 Å². The Morgan fingerprint density at radius 3 is 2.62 bits per heavy atom. The van der Waals surface area contributed by atoms with Gasteiger partial charge in [0.2, 0.25) is 11.7 Å². The third-order valence-electron chi connectivity index (χ3n) is 10.9. The molecule has 10 heteroatoms. The first-order valence-electron chi connectivity index (χ1n) is 18.3. The lowest BCUT2D eigenvalue weighted by molar-refractivity contribution is -0.255. The SMILES string of the molecule is C=CCOC12Oc3ccc(OCc4cccc(C)n4)cc3C3C(CCCCO)C(CCCCO)C=C(C(=NOC)CC1N(C)C(=O)C1CC1)C32. The summed E-state index contributed by atoms with van der Waals surface area (Å²) in [7, 11) is 3.43. The number of benzene rings is 1. The van der Waals surface area contributed by atoms with Crippen molar-refractivity contribution in [1.29, 1.82) is 0 Å². The fourth-order valence-electron chi connectivity index (χ4n) is 8.54. The minimum Gasteiger partial charge on any atom is -0.487 e. The average Bonchev–Trinajstić information content (AvgIpc) is 3.97. The molecule has 2 aromatic rings. The molecule has 1 aromatic carbocycles. The van der Waals surface area contributed by atoms with Crippen LogP contribution in [0.25, 0.3) is 0 Å². The van der Waals surface area contributed by atoms with Crippen LogP contribution < -0.4 is 9.47 Å². The van der Waals surface area contributed by atoms with E-state index in [1.165, 1.54) is 0 Å². The van der Waals surface area contributed by atoms with E-state index in [1.54, 1.807) is 13.2 Å². The van der Waals surface area contributed by atoms with E-state index in [0.29, 0.717) is 25.2 Å². The Morgan fingerprint density at radius 2 is 1.92 bits per heavy atom. The van der Waals surface area contributed by atoms with E-state index in [-0.39, 0.29) is 55.3 Å². The maximum atomic E-state index is 13.8. The average molecular weight is 688 g/mol. The number of hydrogen-bond acceptors (Lipinski definition) is 9. The molecule has 0 spiro atoms. The number of rotatable bonds is 17. The summed E-state index contributed by atoms with van der Waals surface area (Å²) in [6.45, 7) is 6.80. The fraction of sp³-hybridized carbons (Fsp3) is 0.575. The maximum absolute atomic E-state index is 13.8. The Morgan fingerprint density at radius 1 is 1.14 bits per heavy atom. The number of ether oxygens (including phenoxy) is 3. The summed E-state index contributed by atoms with van der Waals surface area (Å²) in [6.07, 6.45) is 11.2. The molecule has 0 saturated heterocycles. The van der Waals surface area contributed by atoms with Crippen molar-refractivity contribution in [2.75, 3.05) is 34.0 Å². The van der Waals surface area contributed by atoms with Gasteiger partial charge in [-0.15, -0.1) is 6.58 Å². The number of fused-ring (bicyclic) bond motifs is 2. The number of carbonyl (C=O) groups excluding carboxylic acids is 1. The summed E-state index contributed by atoms with van der Waals surface area (Å²) in [4.78, 5) is 25.7. The molecule has 3 aliphatic carbocycles. The zero-order valence-electron chi connectivity index (χ0n) is 29.8. The van der Waals surface area contributed by atoms with E-state index in [0.717, 1.165) is 78.9 Å². The number of carbonyl (C=O) groups is 1. The number of aromatic nitrogens is 1. The molecule has 0 bridgehead atoms. The molecule has 6 atom stereocenters. The summed E-state index contributed by atoms with van der Waals surface area (Å²) in [5.41, 5.74) is 4.64. The van der Waals surface area contributed by atoms with E-state index >= 15 is 0 Å². The van der Waals surface area contributed by atoms with Crippen molar-refractivity contribution in [2.45, 2.75) is 89.1 Å². The third kappa shape index (κ3) is 7.34. The lowest BCUT2D eigenvalue weighted by Gasteiger charge is -2.59. The van der Waals surface area contributed by atoms with Crippen LogP contribution in [0.15, 0.2) is 65.9 Å². The van der Waals surface area contributed by atoms with Crippen molar-refractivity contribution in [3.63, 3.8) is 0 Å². The second-order valence-corrected chi connectivity index (χ2v) is 14.2. The molecular formula is C40H53N3O7. The molecular weight excluding hydrogens is 634 g/mol. The number of aliphatic hydroxyl groups excluding tert-OH is 2. The molecule has 4 aliphatic rings. The number of nitrogens with zero attached hydrogens (tertiary/aromatic N) is 3. The molecule has 6 rings (SSSR count). The Balaban J connectivity index is 1.51. The zero-order valence-corrected chi connectivity index (χ0v) is 29.8. The number of hydrogen-bond donors (Lipinski definition) is 2. The number of amides is 1. The van der Waals surface area contributed by atoms with Gasteiger partial charge in [-0.1, -0.05) is 36.2 Å². The summed E-state index contributed by atoms with van der Waals surface area (Å²) in [6, 6.07) is 11.5. The number of aryl methyl sites for hydroxylation is 1. The first-order valence-corrected chi connectivity index (χ1v) is 18.3. The molecule has 2 saturated carbocycles. The number of pyridine rings is 1. The zero-order chi connectivity index (χ0) is 35.3. The first kappa shape index (κ1) is 36.1. The van der Waals surface area contributed by atoms with Gasteiger partial charge in [0, 0.05) is 49.8 Å². The normalized spacial score (nSPS) is 27.4. The van der Waals surface area contributed by atoms with Gasteiger partial charge in [0.15, 0.2) is 0 Å². The molecule has 10 nitrogen and oxygen atoms in total. The second-order valence-electron chi connectivity index (χ2n) is 14.2. The molecule has 270 valence electrons. The van der Waals surface area contributed by atoms with Crippen molar-refractivity contribution in [2.24, 2.45) is 28.8 Å². The van der Waals surface area contributed by atoms with Gasteiger partial charge in [-0.05, 0) is 93.2 Å². The monoisotopic (exact) mass is 687 g/mol. The number of oxime groups is 1. The Labute approximate surface area is 296 Å². The maximum Gasteiger partial charge on any atom is 0.239 e. The molecule has 2 fully saturated rings. The third-order valence-corrected chi connectivity index (χ3v) is 10.9. The van der Waals surface area contributed by atoms with Crippen molar-refractivity contribution in [1.82, 2.24) is 9.88 Å². The largest absolute Gasteiger partial charge is 0.487 e. The lowest BCUT2D eigenvalue weighted by atomic mass is 9.55. The van der Waals surface area contributed by atoms with E-state index in [4.69, 9.17) is 19.0 Å². The van der Waals surface area contributed by atoms with Crippen LogP contribution in [-0.4, -0.2) is 77.5 Å². The van der Waals surface area contributed by atoms with Gasteiger partial charge in [-0.2, -0.15) is 0 Å². The van der Waals surface area contributed by atoms with Crippen molar-refractivity contribution in [3.05, 3.63) is 77.7 Å². The molecule has 0 radical (unpaired) electrons. The van der Waals surface area contributed by atoms with Gasteiger partial charge in [0.1, 0.15) is 31.3 Å². The van der Waals surface area contributed by atoms with Gasteiger partial charge in [-0.3, -0.25) is 9.78 Å². The second kappa shape index (κ2) is 16.1. The van der Waals surface area contributed by atoms with Crippen LogP contribution in [-0.2, 0) is 21.0 Å². The number of unbranched alkanes of at least 4 members (excludes halogenated alkanes) is 2. The number of aliphatic hydroxyl groups is 2. The minimum absolute atomic E-state index is 0.0129. The molecule has 2 N–H and O–H groups in total. The smallest absolute Gasteiger partial charge is 0.239 e. The highest BCUT2D eigenvalue weighted by molar-refractivity contribution is 6.03. The predicted molar refractivity (Wildman–Crippen MR) is 191 cm³/mol. The van der Waals surface area contributed by atoms with Crippen LogP contribution in [0.1, 0.15) is 80.7 Å². The lowest BCUT2D eigenvalue weighted by Crippen LogP contribution is -2.69. The molecule has 1 aliphatic heterocycles. The van der Waals surface area contributed by atoms with Crippen LogP contribution in [0, 0.1) is 30.6 Å². The molecule has 1 amide bonds. The van der Waals surface area contributed by atoms with Crippen LogP contribution in [0.4, 0.5) is 0 Å². The van der Waals surface area contributed by atoms with Gasteiger partial charge < -0.3 is 34.2 Å². The van der Waals surface area contributed by atoms with Crippen LogP contribution >= 0.6 is 0 Å². The van der Waals surface area contributed by atoms with E-state index in [1.807, 2.05) is 49.2 Å². The Hall–Kier alpha value is -3.73. The summed E-state index contributed by atoms with van der Waals surface area (Å²) in [5, 5.41) is 24.1. The van der Waals surface area contributed by atoms with Gasteiger partial charge in [0.05, 0.1) is 23.9 Å². The number of likely N-dealkylation sites (N-methyl/N-ethyl adjacent to an activating group) is 1. The molecule has 50 heavy (non-hydrogen) atoms. The first-order chi connectivity index (χ1) is 24.3. The van der Waals surface area contributed by atoms with Gasteiger partial charge in [0.25, 0.3) is 0 Å². The van der Waals surface area contributed by atoms with Crippen molar-refractivity contribution < 1.29 is 34.1 Å². The van der Waals surface area contributed by atoms with Crippen molar-refractivity contribution in [3.8, 4) is 11.5 Å². The number of allylic oxidation sites excluding steroid dienone is 1. The quantitative estimate of drug-likeness (QED) is 0.116. The Kier molecular flexibility index (Phi) is 11.6. The van der Waals surface area contributed by atoms with Crippen LogP contribution in [0.5, 0.6) is 11.5 Å². The Bertz CT molecular complexity index is 1570. The van der Waals surface area contributed by atoms with Crippen molar-refractivity contribution >= 4 is 11.6 Å².